The van der Waals surface area contributed by atoms with Crippen LogP contribution in [0.2, 0.25) is 0 Å². The van der Waals surface area contributed by atoms with Crippen molar-refractivity contribution in [2.45, 2.75) is 26.8 Å². The molecule has 15 heavy (non-hydrogen) atoms. The van der Waals surface area contributed by atoms with Crippen molar-refractivity contribution >= 4 is 0 Å². The number of nitrogens with one attached hydrogen (secondary N) is 1. The van der Waals surface area contributed by atoms with Crippen LogP contribution in [0.5, 0.6) is 0 Å². The summed E-state index contributed by atoms with van der Waals surface area (Å²) in [6.45, 7) is 11.7. The normalized spacial score (nSPS) is 28.0. The molecule has 1 saturated heterocycles. The molecule has 0 aromatic rings. The van der Waals surface area contributed by atoms with E-state index in [0.717, 1.165) is 32.8 Å². The van der Waals surface area contributed by atoms with Crippen molar-refractivity contribution in [3.8, 4) is 0 Å². The van der Waals surface area contributed by atoms with Crippen LogP contribution in [-0.2, 0) is 4.74 Å². The number of ether oxygens (including phenoxy) is 1. The maximum absolute atomic E-state index is 5.72. The molecule has 3 nitrogen and oxygen atoms in total. The Kier molecular flexibility index (Phi) is 3.32. The first-order valence-corrected chi connectivity index (χ1v) is 5.95. The first-order chi connectivity index (χ1) is 7.20. The van der Waals surface area contributed by atoms with E-state index in [2.05, 4.69) is 31.0 Å². The molecule has 2 aliphatic heterocycles. The van der Waals surface area contributed by atoms with Crippen LogP contribution >= 0.6 is 0 Å². The highest BCUT2D eigenvalue weighted by atomic mass is 16.5. The molecule has 2 heterocycles. The van der Waals surface area contributed by atoms with Gasteiger partial charge >= 0.3 is 0 Å². The van der Waals surface area contributed by atoms with E-state index in [1.54, 1.807) is 0 Å². The van der Waals surface area contributed by atoms with Crippen molar-refractivity contribution in [2.24, 2.45) is 5.92 Å². The van der Waals surface area contributed by atoms with Crippen molar-refractivity contribution in [3.05, 3.63) is 11.3 Å². The van der Waals surface area contributed by atoms with Gasteiger partial charge in [-0.2, -0.15) is 0 Å². The van der Waals surface area contributed by atoms with Gasteiger partial charge in [0, 0.05) is 25.3 Å². The molecule has 1 atom stereocenters. The number of piperazine rings is 1. The van der Waals surface area contributed by atoms with Crippen molar-refractivity contribution < 1.29 is 4.74 Å². The summed E-state index contributed by atoms with van der Waals surface area (Å²) in [4.78, 5) is 2.56. The molecule has 0 bridgehead atoms. The predicted molar refractivity (Wildman–Crippen MR) is 61.7 cm³/mol. The van der Waals surface area contributed by atoms with Gasteiger partial charge in [0.1, 0.15) is 0 Å². The van der Waals surface area contributed by atoms with E-state index in [1.165, 1.54) is 11.3 Å². The van der Waals surface area contributed by atoms with Crippen LogP contribution in [0.1, 0.15) is 20.8 Å². The fraction of sp³-hybridized carbons (Fsp3) is 0.833. The lowest BCUT2D eigenvalue weighted by Crippen LogP contribution is -2.52. The minimum Gasteiger partial charge on any atom is -0.375 e. The molecule has 3 heteroatoms. The van der Waals surface area contributed by atoms with Gasteiger partial charge in [-0.25, -0.2) is 0 Å². The van der Waals surface area contributed by atoms with E-state index in [-0.39, 0.29) is 0 Å². The number of hydrogen-bond donors (Lipinski definition) is 1. The number of allylic oxidation sites excluding steroid dienone is 1. The number of rotatable bonds is 1. The Balaban J connectivity index is 2.26. The quantitative estimate of drug-likeness (QED) is 0.704. The summed E-state index contributed by atoms with van der Waals surface area (Å²) in [7, 11) is 0. The third-order valence-corrected chi connectivity index (χ3v) is 3.27. The molecule has 0 radical (unpaired) electrons. The molecule has 0 aliphatic carbocycles. The maximum atomic E-state index is 5.72. The van der Waals surface area contributed by atoms with Crippen molar-refractivity contribution in [3.63, 3.8) is 0 Å². The Morgan fingerprint density at radius 2 is 2.27 bits per heavy atom. The highest BCUT2D eigenvalue weighted by molar-refractivity contribution is 5.17. The van der Waals surface area contributed by atoms with Gasteiger partial charge in [-0.1, -0.05) is 13.8 Å². The standard InChI is InChI=1S/C12H22N2O/c1-9(2)12-10(3)7-15-8-11-6-13-4-5-14(11)12/h9,11,13H,4-8H2,1-3H3. The summed E-state index contributed by atoms with van der Waals surface area (Å²) in [6, 6.07) is 0.536. The van der Waals surface area contributed by atoms with Crippen LogP contribution in [-0.4, -0.2) is 43.8 Å². The van der Waals surface area contributed by atoms with Crippen molar-refractivity contribution in [2.75, 3.05) is 32.8 Å². The fourth-order valence-corrected chi connectivity index (χ4v) is 2.72. The van der Waals surface area contributed by atoms with E-state index in [4.69, 9.17) is 4.74 Å². The Morgan fingerprint density at radius 3 is 3.00 bits per heavy atom. The zero-order valence-electron chi connectivity index (χ0n) is 10.0. The van der Waals surface area contributed by atoms with Crippen LogP contribution in [0.4, 0.5) is 0 Å². The van der Waals surface area contributed by atoms with Gasteiger partial charge in [0.25, 0.3) is 0 Å². The zero-order chi connectivity index (χ0) is 10.8. The summed E-state index contributed by atoms with van der Waals surface area (Å²) in [5, 5.41) is 3.44. The third kappa shape index (κ3) is 2.18. The molecular formula is C12H22N2O. The molecule has 0 amide bonds. The molecule has 0 saturated carbocycles. The van der Waals surface area contributed by atoms with Crippen molar-refractivity contribution in [1.82, 2.24) is 10.2 Å². The third-order valence-electron chi connectivity index (χ3n) is 3.27. The summed E-state index contributed by atoms with van der Waals surface area (Å²) in [5.41, 5.74) is 2.92. The van der Waals surface area contributed by atoms with E-state index < -0.39 is 0 Å². The largest absolute Gasteiger partial charge is 0.375 e. The lowest BCUT2D eigenvalue weighted by molar-refractivity contribution is 0.0872. The van der Waals surface area contributed by atoms with Gasteiger partial charge in [-0.05, 0) is 18.4 Å². The van der Waals surface area contributed by atoms with Crippen LogP contribution < -0.4 is 5.32 Å². The van der Waals surface area contributed by atoms with Crippen LogP contribution in [0.3, 0.4) is 0 Å². The Hall–Kier alpha value is -0.540. The minimum atomic E-state index is 0.536. The molecule has 0 spiro atoms. The average Bonchev–Trinajstić information content (AvgIpc) is 2.35. The summed E-state index contributed by atoms with van der Waals surface area (Å²) < 4.78 is 5.72. The summed E-state index contributed by atoms with van der Waals surface area (Å²) >= 11 is 0. The number of hydrogen-bond acceptors (Lipinski definition) is 3. The van der Waals surface area contributed by atoms with Crippen LogP contribution in [0.15, 0.2) is 11.3 Å². The summed E-state index contributed by atoms with van der Waals surface area (Å²) in [5.74, 6) is 0.604. The fourth-order valence-electron chi connectivity index (χ4n) is 2.72. The van der Waals surface area contributed by atoms with Crippen molar-refractivity contribution in [1.29, 1.82) is 0 Å². The van der Waals surface area contributed by atoms with Gasteiger partial charge in [0.05, 0.1) is 19.3 Å². The zero-order valence-corrected chi connectivity index (χ0v) is 10.0. The summed E-state index contributed by atoms with van der Waals surface area (Å²) in [6.07, 6.45) is 0. The average molecular weight is 210 g/mol. The van der Waals surface area contributed by atoms with Gasteiger partial charge in [0.15, 0.2) is 0 Å². The van der Waals surface area contributed by atoms with E-state index >= 15 is 0 Å². The second-order valence-corrected chi connectivity index (χ2v) is 4.89. The van der Waals surface area contributed by atoms with Gasteiger partial charge in [-0.3, -0.25) is 0 Å². The number of nitrogens with zero attached hydrogens (tertiary/aromatic N) is 1. The highest BCUT2D eigenvalue weighted by Crippen LogP contribution is 2.25. The van der Waals surface area contributed by atoms with Crippen LogP contribution in [0, 0.1) is 5.92 Å². The first kappa shape index (κ1) is 11.0. The lowest BCUT2D eigenvalue weighted by atomic mass is 10.0. The molecule has 0 aromatic carbocycles. The molecular weight excluding hydrogens is 188 g/mol. The molecule has 2 aliphatic rings. The van der Waals surface area contributed by atoms with Crippen LogP contribution in [0.25, 0.3) is 0 Å². The molecule has 1 N–H and O–H groups in total. The van der Waals surface area contributed by atoms with Gasteiger partial charge in [-0.15, -0.1) is 0 Å². The first-order valence-electron chi connectivity index (χ1n) is 5.95. The van der Waals surface area contributed by atoms with Gasteiger partial charge < -0.3 is 15.0 Å². The molecule has 1 fully saturated rings. The molecule has 2 rings (SSSR count). The SMILES string of the molecule is CC1=C(C(C)C)N2CCNCC2COC1. The topological polar surface area (TPSA) is 24.5 Å². The second-order valence-electron chi connectivity index (χ2n) is 4.89. The van der Waals surface area contributed by atoms with E-state index in [1.807, 2.05) is 0 Å². The maximum Gasteiger partial charge on any atom is 0.0694 e. The minimum absolute atomic E-state index is 0.536. The van der Waals surface area contributed by atoms with Gasteiger partial charge in [0.2, 0.25) is 0 Å². The smallest absolute Gasteiger partial charge is 0.0694 e. The second kappa shape index (κ2) is 4.54. The Labute approximate surface area is 92.5 Å². The molecule has 86 valence electrons. The number of fused-ring (bicyclic) bond motifs is 1. The Bertz CT molecular complexity index is 260. The highest BCUT2D eigenvalue weighted by Gasteiger charge is 2.28. The predicted octanol–water partition coefficient (Wildman–Crippen LogP) is 1.22. The monoisotopic (exact) mass is 210 g/mol. The lowest BCUT2D eigenvalue weighted by Gasteiger charge is -2.39. The Morgan fingerprint density at radius 1 is 1.47 bits per heavy atom. The molecule has 0 aromatic heterocycles. The molecule has 1 unspecified atom stereocenters. The van der Waals surface area contributed by atoms with E-state index in [9.17, 15) is 0 Å². The van der Waals surface area contributed by atoms with E-state index in [0.29, 0.717) is 12.0 Å².